The van der Waals surface area contributed by atoms with E-state index in [1.165, 1.54) is 6.20 Å². The van der Waals surface area contributed by atoms with Gasteiger partial charge in [-0.15, -0.1) is 0 Å². The van der Waals surface area contributed by atoms with Crippen molar-refractivity contribution in [3.8, 4) is 17.2 Å². The largest absolute Gasteiger partial charge is 0.418 e. The molecule has 0 N–H and O–H groups in total. The summed E-state index contributed by atoms with van der Waals surface area (Å²) in [6.45, 7) is 0. The summed E-state index contributed by atoms with van der Waals surface area (Å²) in [6, 6.07) is 10.1. The molecular formula is C14H9F3N2. The normalized spacial score (nSPS) is 11.1. The fourth-order valence-corrected chi connectivity index (χ4v) is 1.88. The smallest absolute Gasteiger partial charge is 0.264 e. The molecule has 0 aliphatic carbocycles. The van der Waals surface area contributed by atoms with Crippen molar-refractivity contribution in [1.29, 1.82) is 5.26 Å². The maximum atomic E-state index is 13.0. The second-order valence-corrected chi connectivity index (χ2v) is 3.92. The third-order valence-corrected chi connectivity index (χ3v) is 2.66. The van der Waals surface area contributed by atoms with Gasteiger partial charge in [0.2, 0.25) is 0 Å². The van der Waals surface area contributed by atoms with Crippen LogP contribution >= 0.6 is 0 Å². The Morgan fingerprint density at radius 1 is 1.11 bits per heavy atom. The van der Waals surface area contributed by atoms with Gasteiger partial charge in [-0.25, -0.2) is 0 Å². The highest BCUT2D eigenvalue weighted by Gasteiger charge is 2.35. The third kappa shape index (κ3) is 2.74. The molecule has 0 bridgehead atoms. The van der Waals surface area contributed by atoms with Crippen molar-refractivity contribution < 1.29 is 13.2 Å². The topological polar surface area (TPSA) is 36.7 Å². The Morgan fingerprint density at radius 3 is 2.37 bits per heavy atom. The van der Waals surface area contributed by atoms with Gasteiger partial charge in [0.25, 0.3) is 0 Å². The van der Waals surface area contributed by atoms with Crippen molar-refractivity contribution >= 4 is 0 Å². The molecule has 0 atom stereocenters. The standard InChI is InChI=1S/C14H9F3N2/c15-14(16,17)12-9-19-8-11(6-7-18)13(12)10-4-2-1-3-5-10/h1-5,8-9H,6H2. The summed E-state index contributed by atoms with van der Waals surface area (Å²) in [6.07, 6.45) is -2.51. The molecule has 2 nitrogen and oxygen atoms in total. The average molecular weight is 262 g/mol. The molecule has 19 heavy (non-hydrogen) atoms. The first-order valence-electron chi connectivity index (χ1n) is 5.50. The predicted octanol–water partition coefficient (Wildman–Crippen LogP) is 3.83. The van der Waals surface area contributed by atoms with Crippen molar-refractivity contribution in [3.63, 3.8) is 0 Å². The van der Waals surface area contributed by atoms with E-state index >= 15 is 0 Å². The van der Waals surface area contributed by atoms with Crippen LogP contribution in [0.15, 0.2) is 42.7 Å². The molecule has 0 unspecified atom stereocenters. The Bertz CT molecular complexity index is 613. The van der Waals surface area contributed by atoms with Crippen LogP contribution in [0.1, 0.15) is 11.1 Å². The molecule has 0 aliphatic heterocycles. The van der Waals surface area contributed by atoms with Gasteiger partial charge in [0.15, 0.2) is 0 Å². The van der Waals surface area contributed by atoms with E-state index in [9.17, 15) is 13.2 Å². The van der Waals surface area contributed by atoms with Crippen molar-refractivity contribution in [3.05, 3.63) is 53.9 Å². The molecule has 0 saturated carbocycles. The molecule has 0 spiro atoms. The van der Waals surface area contributed by atoms with Gasteiger partial charge >= 0.3 is 6.18 Å². The molecule has 1 aromatic carbocycles. The first-order valence-corrected chi connectivity index (χ1v) is 5.50. The highest BCUT2D eigenvalue weighted by molar-refractivity contribution is 5.71. The number of alkyl halides is 3. The minimum atomic E-state index is -4.50. The van der Waals surface area contributed by atoms with Gasteiger partial charge in [0, 0.05) is 18.0 Å². The molecule has 5 heteroatoms. The summed E-state index contributed by atoms with van der Waals surface area (Å²) in [5.41, 5.74) is -0.0675. The third-order valence-electron chi connectivity index (χ3n) is 2.66. The van der Waals surface area contributed by atoms with Crippen molar-refractivity contribution in [2.24, 2.45) is 0 Å². The molecule has 2 aromatic rings. The summed E-state index contributed by atoms with van der Waals surface area (Å²) in [4.78, 5) is 3.58. The van der Waals surface area contributed by atoms with Crippen LogP contribution in [0.5, 0.6) is 0 Å². The van der Waals surface area contributed by atoms with E-state index in [1.54, 1.807) is 30.3 Å². The molecular weight excluding hydrogens is 253 g/mol. The van der Waals surface area contributed by atoms with Crippen LogP contribution in [-0.4, -0.2) is 4.98 Å². The maximum absolute atomic E-state index is 13.0. The molecule has 2 rings (SSSR count). The first-order chi connectivity index (χ1) is 9.04. The van der Waals surface area contributed by atoms with Gasteiger partial charge in [0.1, 0.15) is 0 Å². The highest BCUT2D eigenvalue weighted by atomic mass is 19.4. The van der Waals surface area contributed by atoms with Gasteiger partial charge in [-0.2, -0.15) is 18.4 Å². The second-order valence-electron chi connectivity index (χ2n) is 3.92. The van der Waals surface area contributed by atoms with Crippen molar-refractivity contribution in [2.45, 2.75) is 12.6 Å². The number of rotatable bonds is 2. The van der Waals surface area contributed by atoms with Gasteiger partial charge in [-0.3, -0.25) is 4.98 Å². The average Bonchev–Trinajstić information content (AvgIpc) is 2.39. The lowest BCUT2D eigenvalue weighted by Gasteiger charge is -2.15. The van der Waals surface area contributed by atoms with Crippen molar-refractivity contribution in [1.82, 2.24) is 4.98 Å². The first kappa shape index (κ1) is 13.1. The molecule has 0 saturated heterocycles. The van der Waals surface area contributed by atoms with E-state index in [0.717, 1.165) is 6.20 Å². The van der Waals surface area contributed by atoms with Crippen LogP contribution in [0.2, 0.25) is 0 Å². The van der Waals surface area contributed by atoms with E-state index < -0.39 is 11.7 Å². The number of aromatic nitrogens is 1. The van der Waals surface area contributed by atoms with Gasteiger partial charge in [-0.05, 0) is 11.1 Å². The molecule has 96 valence electrons. The van der Waals surface area contributed by atoms with E-state index in [4.69, 9.17) is 5.26 Å². The van der Waals surface area contributed by atoms with Crippen molar-refractivity contribution in [2.75, 3.05) is 0 Å². The van der Waals surface area contributed by atoms with Gasteiger partial charge in [-0.1, -0.05) is 30.3 Å². The van der Waals surface area contributed by atoms with Gasteiger partial charge < -0.3 is 0 Å². The molecule has 0 fully saturated rings. The van der Waals surface area contributed by atoms with Crippen LogP contribution in [0.3, 0.4) is 0 Å². The Labute approximate surface area is 108 Å². The zero-order valence-corrected chi connectivity index (χ0v) is 9.78. The minimum Gasteiger partial charge on any atom is -0.264 e. The fourth-order valence-electron chi connectivity index (χ4n) is 1.88. The van der Waals surface area contributed by atoms with Crippen LogP contribution in [0.4, 0.5) is 13.2 Å². The van der Waals surface area contributed by atoms with E-state index in [0.29, 0.717) is 5.56 Å². The van der Waals surface area contributed by atoms with E-state index in [2.05, 4.69) is 4.98 Å². The maximum Gasteiger partial charge on any atom is 0.418 e. The summed E-state index contributed by atoms with van der Waals surface area (Å²) in [7, 11) is 0. The van der Waals surface area contributed by atoms with E-state index in [1.807, 2.05) is 6.07 Å². The van der Waals surface area contributed by atoms with Crippen LogP contribution in [0.25, 0.3) is 11.1 Å². The number of halogens is 3. The Balaban J connectivity index is 2.71. The lowest BCUT2D eigenvalue weighted by Crippen LogP contribution is -2.10. The van der Waals surface area contributed by atoms with Crippen LogP contribution in [0, 0.1) is 11.3 Å². The summed E-state index contributed by atoms with van der Waals surface area (Å²) in [5.74, 6) is 0. The number of nitrogens with zero attached hydrogens (tertiary/aromatic N) is 2. The number of hydrogen-bond donors (Lipinski definition) is 0. The summed E-state index contributed by atoms with van der Waals surface area (Å²) >= 11 is 0. The number of pyridine rings is 1. The SMILES string of the molecule is N#CCc1cncc(C(F)(F)F)c1-c1ccccc1. The zero-order chi connectivity index (χ0) is 13.9. The quantitative estimate of drug-likeness (QED) is 0.824. The fraction of sp³-hybridized carbons (Fsp3) is 0.143. The van der Waals surface area contributed by atoms with E-state index in [-0.39, 0.29) is 17.5 Å². The second kappa shape index (κ2) is 5.11. The van der Waals surface area contributed by atoms with Crippen LogP contribution in [-0.2, 0) is 12.6 Å². The molecule has 0 amide bonds. The molecule has 1 heterocycles. The monoisotopic (exact) mass is 262 g/mol. The van der Waals surface area contributed by atoms with Crippen LogP contribution < -0.4 is 0 Å². The minimum absolute atomic E-state index is 0.0321. The lowest BCUT2D eigenvalue weighted by molar-refractivity contribution is -0.137. The summed E-state index contributed by atoms with van der Waals surface area (Å²) in [5, 5.41) is 8.73. The Kier molecular flexibility index (Phi) is 3.52. The highest BCUT2D eigenvalue weighted by Crippen LogP contribution is 2.38. The lowest BCUT2D eigenvalue weighted by atomic mass is 9.95. The summed E-state index contributed by atoms with van der Waals surface area (Å²) < 4.78 is 39.1. The molecule has 0 radical (unpaired) electrons. The molecule has 0 aliphatic rings. The predicted molar refractivity (Wildman–Crippen MR) is 64.0 cm³/mol. The number of benzene rings is 1. The molecule has 1 aromatic heterocycles. The number of nitriles is 1. The Hall–Kier alpha value is -2.35. The Morgan fingerprint density at radius 2 is 1.79 bits per heavy atom. The zero-order valence-electron chi connectivity index (χ0n) is 9.78. The van der Waals surface area contributed by atoms with Gasteiger partial charge in [0.05, 0.1) is 18.1 Å². The number of hydrogen-bond acceptors (Lipinski definition) is 2.